The maximum absolute atomic E-state index is 10.6. The molecule has 0 saturated heterocycles. The largest absolute Gasteiger partial charge is 0.365 e. The third-order valence-electron chi connectivity index (χ3n) is 1.30. The van der Waals surface area contributed by atoms with Crippen molar-refractivity contribution in [1.29, 1.82) is 0 Å². The third-order valence-corrected chi connectivity index (χ3v) is 2.45. The highest BCUT2D eigenvalue weighted by atomic mass is 32.1. The topological polar surface area (TPSA) is 69.1 Å². The molecule has 0 fully saturated rings. The summed E-state index contributed by atoms with van der Waals surface area (Å²) in [6.07, 6.45) is 0.817. The molecule has 0 aromatic carbocycles. The van der Waals surface area contributed by atoms with Gasteiger partial charge in [-0.1, -0.05) is 0 Å². The second-order valence-electron chi connectivity index (χ2n) is 2.17. The van der Waals surface area contributed by atoms with E-state index >= 15 is 0 Å². The molecule has 1 amide bonds. The van der Waals surface area contributed by atoms with Gasteiger partial charge >= 0.3 is 0 Å². The van der Waals surface area contributed by atoms with Gasteiger partial charge in [-0.25, -0.2) is 0 Å². The molecule has 0 spiro atoms. The van der Waals surface area contributed by atoms with Crippen molar-refractivity contribution < 1.29 is 4.79 Å². The van der Waals surface area contributed by atoms with E-state index in [9.17, 15) is 4.79 Å². The van der Waals surface area contributed by atoms with Gasteiger partial charge in [-0.15, -0.1) is 11.3 Å². The number of nitrogens with two attached hydrogens (primary N) is 2. The van der Waals surface area contributed by atoms with Crippen LogP contribution in [-0.2, 0) is 6.42 Å². The molecule has 1 rings (SSSR count). The van der Waals surface area contributed by atoms with Crippen LogP contribution in [0.2, 0.25) is 0 Å². The van der Waals surface area contributed by atoms with Crippen molar-refractivity contribution in [2.75, 3.05) is 6.54 Å². The average Bonchev–Trinajstić information content (AvgIpc) is 2.37. The lowest BCUT2D eigenvalue weighted by Crippen LogP contribution is -2.08. The monoisotopic (exact) mass is 170 g/mol. The molecule has 3 nitrogen and oxygen atoms in total. The Morgan fingerprint density at radius 2 is 2.27 bits per heavy atom. The predicted octanol–water partition coefficient (Wildman–Crippen LogP) is 0.348. The molecule has 0 bridgehead atoms. The van der Waals surface area contributed by atoms with Gasteiger partial charge in [0.15, 0.2) is 0 Å². The zero-order chi connectivity index (χ0) is 8.27. The van der Waals surface area contributed by atoms with Crippen LogP contribution in [-0.4, -0.2) is 12.5 Å². The number of carbonyl (C=O) groups is 1. The van der Waals surface area contributed by atoms with Gasteiger partial charge in [-0.2, -0.15) is 0 Å². The van der Waals surface area contributed by atoms with Gasteiger partial charge in [0.25, 0.3) is 5.91 Å². The van der Waals surface area contributed by atoms with Crippen LogP contribution in [0.15, 0.2) is 12.1 Å². The van der Waals surface area contributed by atoms with Gasteiger partial charge in [0, 0.05) is 4.88 Å². The van der Waals surface area contributed by atoms with Crippen LogP contribution >= 0.6 is 11.3 Å². The van der Waals surface area contributed by atoms with Gasteiger partial charge in [0.1, 0.15) is 0 Å². The molecule has 0 aliphatic carbocycles. The first-order valence-electron chi connectivity index (χ1n) is 3.32. The molecule has 1 aromatic heterocycles. The molecular formula is C7H10N2OS. The lowest BCUT2D eigenvalue weighted by atomic mass is 10.3. The number of thiophene rings is 1. The number of rotatable bonds is 3. The Kier molecular flexibility index (Phi) is 2.62. The third kappa shape index (κ3) is 2.03. The Balaban J connectivity index is 2.73. The fourth-order valence-corrected chi connectivity index (χ4v) is 1.66. The zero-order valence-electron chi connectivity index (χ0n) is 6.04. The van der Waals surface area contributed by atoms with Gasteiger partial charge in [-0.3, -0.25) is 4.79 Å². The molecule has 4 N–H and O–H groups in total. The first-order chi connectivity index (χ1) is 5.24. The molecule has 0 saturated carbocycles. The van der Waals surface area contributed by atoms with Crippen LogP contribution in [0, 0.1) is 0 Å². The van der Waals surface area contributed by atoms with E-state index in [4.69, 9.17) is 11.5 Å². The second-order valence-corrected chi connectivity index (χ2v) is 3.34. The molecule has 1 aromatic rings. The fourth-order valence-electron chi connectivity index (χ4n) is 0.787. The number of hydrogen-bond donors (Lipinski definition) is 2. The van der Waals surface area contributed by atoms with Crippen molar-refractivity contribution in [2.24, 2.45) is 11.5 Å². The van der Waals surface area contributed by atoms with E-state index in [-0.39, 0.29) is 5.91 Å². The maximum Gasteiger partial charge on any atom is 0.258 e. The van der Waals surface area contributed by atoms with E-state index in [1.165, 1.54) is 11.3 Å². The summed E-state index contributed by atoms with van der Waals surface area (Å²) in [5, 5.41) is 0. The average molecular weight is 170 g/mol. The Labute approximate surface area is 69.0 Å². The lowest BCUT2D eigenvalue weighted by molar-refractivity contribution is 0.100. The Bertz CT molecular complexity index is 257. The van der Waals surface area contributed by atoms with E-state index in [1.54, 1.807) is 6.07 Å². The number of amides is 1. The van der Waals surface area contributed by atoms with Crippen molar-refractivity contribution in [3.05, 3.63) is 21.9 Å². The molecule has 0 unspecified atom stereocenters. The van der Waals surface area contributed by atoms with Crippen LogP contribution < -0.4 is 11.5 Å². The maximum atomic E-state index is 10.6. The standard InChI is InChI=1S/C7H10N2OS/c8-4-3-5-1-2-6(11-5)7(9)10/h1-2H,3-4,8H2,(H2,9,10). The normalized spacial score (nSPS) is 9.91. The van der Waals surface area contributed by atoms with Crippen molar-refractivity contribution in [2.45, 2.75) is 6.42 Å². The van der Waals surface area contributed by atoms with E-state index in [0.717, 1.165) is 11.3 Å². The number of hydrogen-bond acceptors (Lipinski definition) is 3. The highest BCUT2D eigenvalue weighted by Gasteiger charge is 2.03. The molecule has 4 heteroatoms. The summed E-state index contributed by atoms with van der Waals surface area (Å²) in [6, 6.07) is 3.62. The molecule has 11 heavy (non-hydrogen) atoms. The molecule has 0 aliphatic rings. The zero-order valence-corrected chi connectivity index (χ0v) is 6.86. The fraction of sp³-hybridized carbons (Fsp3) is 0.286. The SMILES string of the molecule is NCCc1ccc(C(N)=O)s1. The van der Waals surface area contributed by atoms with Crippen molar-refractivity contribution in [3.63, 3.8) is 0 Å². The predicted molar refractivity (Wildman–Crippen MR) is 45.6 cm³/mol. The molecule has 1 heterocycles. The highest BCUT2D eigenvalue weighted by molar-refractivity contribution is 7.14. The Morgan fingerprint density at radius 3 is 2.73 bits per heavy atom. The lowest BCUT2D eigenvalue weighted by Gasteiger charge is -1.88. The quantitative estimate of drug-likeness (QED) is 0.687. The molecule has 0 aliphatic heterocycles. The molecule has 0 atom stereocenters. The summed E-state index contributed by atoms with van der Waals surface area (Å²) < 4.78 is 0. The minimum absolute atomic E-state index is 0.363. The van der Waals surface area contributed by atoms with E-state index in [0.29, 0.717) is 11.4 Å². The summed E-state index contributed by atoms with van der Waals surface area (Å²) in [5.41, 5.74) is 10.4. The van der Waals surface area contributed by atoms with Crippen LogP contribution in [0.5, 0.6) is 0 Å². The first kappa shape index (κ1) is 8.23. The summed E-state index contributed by atoms with van der Waals surface area (Å²) >= 11 is 1.41. The molecule has 0 radical (unpaired) electrons. The van der Waals surface area contributed by atoms with Crippen molar-refractivity contribution in [1.82, 2.24) is 0 Å². The van der Waals surface area contributed by atoms with Gasteiger partial charge in [0.05, 0.1) is 4.88 Å². The number of primary amides is 1. The smallest absolute Gasteiger partial charge is 0.258 e. The van der Waals surface area contributed by atoms with Crippen LogP contribution in [0.25, 0.3) is 0 Å². The summed E-state index contributed by atoms with van der Waals surface area (Å²) in [4.78, 5) is 12.3. The molecule has 60 valence electrons. The number of carbonyl (C=O) groups excluding carboxylic acids is 1. The van der Waals surface area contributed by atoms with Crippen LogP contribution in [0.3, 0.4) is 0 Å². The molecular weight excluding hydrogens is 160 g/mol. The van der Waals surface area contributed by atoms with E-state index in [1.807, 2.05) is 6.07 Å². The van der Waals surface area contributed by atoms with Gasteiger partial charge in [0.2, 0.25) is 0 Å². The van der Waals surface area contributed by atoms with Crippen LogP contribution in [0.1, 0.15) is 14.5 Å². The van der Waals surface area contributed by atoms with Crippen molar-refractivity contribution in [3.8, 4) is 0 Å². The summed E-state index contributed by atoms with van der Waals surface area (Å²) in [5.74, 6) is -0.363. The van der Waals surface area contributed by atoms with E-state index < -0.39 is 0 Å². The van der Waals surface area contributed by atoms with E-state index in [2.05, 4.69) is 0 Å². The first-order valence-corrected chi connectivity index (χ1v) is 4.14. The Morgan fingerprint density at radius 1 is 1.55 bits per heavy atom. The van der Waals surface area contributed by atoms with Crippen LogP contribution in [0.4, 0.5) is 0 Å². The highest BCUT2D eigenvalue weighted by Crippen LogP contribution is 2.15. The minimum Gasteiger partial charge on any atom is -0.365 e. The summed E-state index contributed by atoms with van der Waals surface area (Å²) in [7, 11) is 0. The van der Waals surface area contributed by atoms with Crippen molar-refractivity contribution >= 4 is 17.2 Å². The second kappa shape index (κ2) is 3.50. The van der Waals surface area contributed by atoms with Gasteiger partial charge < -0.3 is 11.5 Å². The Hall–Kier alpha value is -0.870. The minimum atomic E-state index is -0.363. The summed E-state index contributed by atoms with van der Waals surface area (Å²) in [6.45, 7) is 0.610. The van der Waals surface area contributed by atoms with Gasteiger partial charge in [-0.05, 0) is 25.1 Å².